The summed E-state index contributed by atoms with van der Waals surface area (Å²) in [5.74, 6) is 0.271. The van der Waals surface area contributed by atoms with Crippen molar-refractivity contribution >= 4 is 23.2 Å². The fourth-order valence-electron chi connectivity index (χ4n) is 2.42. The predicted octanol–water partition coefficient (Wildman–Crippen LogP) is 2.03. The van der Waals surface area contributed by atoms with E-state index >= 15 is 0 Å². The molecular formula is C15H16N2O5S. The van der Waals surface area contributed by atoms with Gasteiger partial charge in [0.1, 0.15) is 11.5 Å². The van der Waals surface area contributed by atoms with Crippen LogP contribution >= 0.6 is 11.3 Å². The van der Waals surface area contributed by atoms with E-state index in [1.165, 1.54) is 11.3 Å². The van der Waals surface area contributed by atoms with Crippen LogP contribution < -0.4 is 0 Å². The number of carboxylic acid groups (broad SMARTS) is 1. The lowest BCUT2D eigenvalue weighted by molar-refractivity contribution is -0.141. The van der Waals surface area contributed by atoms with Gasteiger partial charge < -0.3 is 19.2 Å². The number of hydrogen-bond acceptors (Lipinski definition) is 6. The number of aromatic nitrogens is 1. The Morgan fingerprint density at radius 3 is 3.00 bits per heavy atom. The second kappa shape index (κ2) is 6.51. The van der Waals surface area contributed by atoms with Crippen LogP contribution in [0, 0.1) is 6.92 Å². The molecule has 2 aromatic rings. The SMILES string of the molecule is Cc1ccc(-c2nc(C(=O)N3CCOC(CC(=O)O)C3)cs2)o1. The maximum atomic E-state index is 12.5. The molecule has 1 N–H and O–H groups in total. The lowest BCUT2D eigenvalue weighted by atomic mass is 10.2. The minimum Gasteiger partial charge on any atom is -0.481 e. The molecule has 23 heavy (non-hydrogen) atoms. The van der Waals surface area contributed by atoms with Gasteiger partial charge in [-0.1, -0.05) is 0 Å². The third-order valence-corrected chi connectivity index (χ3v) is 4.36. The molecular weight excluding hydrogens is 320 g/mol. The number of aliphatic carboxylic acids is 1. The number of carbonyl (C=O) groups is 2. The molecule has 0 bridgehead atoms. The van der Waals surface area contributed by atoms with E-state index in [1.54, 1.807) is 10.3 Å². The Labute approximate surface area is 136 Å². The van der Waals surface area contributed by atoms with Crippen LogP contribution in [0.1, 0.15) is 22.7 Å². The summed E-state index contributed by atoms with van der Waals surface area (Å²) in [6.07, 6.45) is -0.589. The van der Waals surface area contributed by atoms with Gasteiger partial charge in [0.05, 0.1) is 19.1 Å². The number of rotatable bonds is 4. The molecule has 2 aromatic heterocycles. The zero-order valence-corrected chi connectivity index (χ0v) is 13.3. The normalized spacial score (nSPS) is 18.1. The Morgan fingerprint density at radius 1 is 1.48 bits per heavy atom. The molecule has 1 amide bonds. The fourth-order valence-corrected chi connectivity index (χ4v) is 3.17. The highest BCUT2D eigenvalue weighted by Crippen LogP contribution is 2.26. The number of hydrogen-bond donors (Lipinski definition) is 1. The highest BCUT2D eigenvalue weighted by molar-refractivity contribution is 7.13. The summed E-state index contributed by atoms with van der Waals surface area (Å²) < 4.78 is 10.9. The maximum absolute atomic E-state index is 12.5. The molecule has 0 spiro atoms. The molecule has 1 saturated heterocycles. The first-order valence-electron chi connectivity index (χ1n) is 7.18. The number of amides is 1. The molecule has 1 atom stereocenters. The first-order valence-corrected chi connectivity index (χ1v) is 8.06. The van der Waals surface area contributed by atoms with Gasteiger partial charge in [-0.25, -0.2) is 4.98 Å². The first-order chi connectivity index (χ1) is 11.0. The van der Waals surface area contributed by atoms with E-state index < -0.39 is 12.1 Å². The lowest BCUT2D eigenvalue weighted by Crippen LogP contribution is -2.46. The molecule has 1 aliphatic rings. The molecule has 0 saturated carbocycles. The summed E-state index contributed by atoms with van der Waals surface area (Å²) in [4.78, 5) is 29.2. The maximum Gasteiger partial charge on any atom is 0.306 e. The lowest BCUT2D eigenvalue weighted by Gasteiger charge is -2.31. The van der Waals surface area contributed by atoms with E-state index in [-0.39, 0.29) is 18.9 Å². The van der Waals surface area contributed by atoms with Crippen molar-refractivity contribution < 1.29 is 23.8 Å². The number of nitrogens with zero attached hydrogens (tertiary/aromatic N) is 2. The van der Waals surface area contributed by atoms with E-state index in [0.717, 1.165) is 5.76 Å². The van der Waals surface area contributed by atoms with E-state index in [1.807, 2.05) is 19.1 Å². The van der Waals surface area contributed by atoms with E-state index in [4.69, 9.17) is 14.3 Å². The first kappa shape index (κ1) is 15.7. The number of furan rings is 1. The van der Waals surface area contributed by atoms with E-state index in [0.29, 0.717) is 29.6 Å². The van der Waals surface area contributed by atoms with Crippen LogP contribution in [0.3, 0.4) is 0 Å². The van der Waals surface area contributed by atoms with Gasteiger partial charge in [0.25, 0.3) is 5.91 Å². The third kappa shape index (κ3) is 3.59. The van der Waals surface area contributed by atoms with Gasteiger partial charge >= 0.3 is 5.97 Å². The van der Waals surface area contributed by atoms with Gasteiger partial charge in [-0.2, -0.15) is 0 Å². The van der Waals surface area contributed by atoms with Crippen LogP contribution in [-0.2, 0) is 9.53 Å². The molecule has 3 rings (SSSR count). The Hall–Kier alpha value is -2.19. The highest BCUT2D eigenvalue weighted by atomic mass is 32.1. The smallest absolute Gasteiger partial charge is 0.306 e. The fraction of sp³-hybridized carbons (Fsp3) is 0.400. The monoisotopic (exact) mass is 336 g/mol. The van der Waals surface area contributed by atoms with E-state index in [9.17, 15) is 9.59 Å². The number of carbonyl (C=O) groups excluding carboxylic acids is 1. The minimum absolute atomic E-state index is 0.113. The van der Waals surface area contributed by atoms with Gasteiger partial charge in [0.2, 0.25) is 0 Å². The molecule has 0 aromatic carbocycles. The highest BCUT2D eigenvalue weighted by Gasteiger charge is 2.28. The summed E-state index contributed by atoms with van der Waals surface area (Å²) in [7, 11) is 0. The number of aryl methyl sites for hydroxylation is 1. The van der Waals surface area contributed by atoms with Crippen LogP contribution in [0.5, 0.6) is 0 Å². The number of carboxylic acids is 1. The molecule has 8 heteroatoms. The van der Waals surface area contributed by atoms with Crippen LogP contribution in [0.4, 0.5) is 0 Å². The standard InChI is InChI=1S/C15H16N2O5S/c1-9-2-3-12(22-9)14-16-11(8-23-14)15(20)17-4-5-21-10(7-17)6-13(18)19/h2-3,8,10H,4-7H2,1H3,(H,18,19). The van der Waals surface area contributed by atoms with Crippen molar-refractivity contribution in [1.29, 1.82) is 0 Å². The van der Waals surface area contributed by atoms with Crippen molar-refractivity contribution in [3.05, 3.63) is 29.0 Å². The molecule has 1 aliphatic heterocycles. The van der Waals surface area contributed by atoms with E-state index in [2.05, 4.69) is 4.98 Å². The molecule has 1 unspecified atom stereocenters. The van der Waals surface area contributed by atoms with Crippen molar-refractivity contribution in [2.24, 2.45) is 0 Å². The summed E-state index contributed by atoms with van der Waals surface area (Å²) >= 11 is 1.34. The predicted molar refractivity (Wildman–Crippen MR) is 82.4 cm³/mol. The van der Waals surface area contributed by atoms with Gasteiger partial charge in [-0.15, -0.1) is 11.3 Å². The molecule has 122 valence electrons. The Morgan fingerprint density at radius 2 is 2.30 bits per heavy atom. The summed E-state index contributed by atoms with van der Waals surface area (Å²) in [6.45, 7) is 2.87. The summed E-state index contributed by atoms with van der Waals surface area (Å²) in [5, 5.41) is 11.2. The molecule has 0 radical (unpaired) electrons. The van der Waals surface area contributed by atoms with Crippen molar-refractivity contribution in [2.45, 2.75) is 19.4 Å². The number of morpholine rings is 1. The van der Waals surface area contributed by atoms with Crippen LogP contribution in [-0.4, -0.2) is 52.7 Å². The van der Waals surface area contributed by atoms with Gasteiger partial charge in [0.15, 0.2) is 10.8 Å². The van der Waals surface area contributed by atoms with Gasteiger partial charge in [0, 0.05) is 18.5 Å². The topological polar surface area (TPSA) is 92.9 Å². The van der Waals surface area contributed by atoms with Crippen molar-refractivity contribution in [1.82, 2.24) is 9.88 Å². The second-order valence-corrected chi connectivity index (χ2v) is 6.15. The molecule has 0 aliphatic carbocycles. The van der Waals surface area contributed by atoms with Gasteiger partial charge in [-0.3, -0.25) is 9.59 Å². The minimum atomic E-state index is -0.937. The zero-order valence-electron chi connectivity index (χ0n) is 12.5. The number of ether oxygens (including phenoxy) is 1. The largest absolute Gasteiger partial charge is 0.481 e. The summed E-state index contributed by atoms with van der Waals surface area (Å²) in [5.41, 5.74) is 0.343. The van der Waals surface area contributed by atoms with Crippen molar-refractivity contribution in [2.75, 3.05) is 19.7 Å². The average Bonchev–Trinajstić information content (AvgIpc) is 3.15. The Balaban J connectivity index is 1.70. The zero-order chi connectivity index (χ0) is 16.4. The molecule has 1 fully saturated rings. The van der Waals surface area contributed by atoms with Crippen molar-refractivity contribution in [3.63, 3.8) is 0 Å². The van der Waals surface area contributed by atoms with Crippen molar-refractivity contribution in [3.8, 4) is 10.8 Å². The quantitative estimate of drug-likeness (QED) is 0.918. The Bertz CT molecular complexity index is 723. The number of thiazole rings is 1. The molecule has 3 heterocycles. The van der Waals surface area contributed by atoms with Crippen LogP contribution in [0.25, 0.3) is 10.8 Å². The van der Waals surface area contributed by atoms with Crippen LogP contribution in [0.2, 0.25) is 0 Å². The van der Waals surface area contributed by atoms with Crippen LogP contribution in [0.15, 0.2) is 21.9 Å². The van der Waals surface area contributed by atoms with Gasteiger partial charge in [-0.05, 0) is 19.1 Å². The molecule has 7 nitrogen and oxygen atoms in total. The summed E-state index contributed by atoms with van der Waals surface area (Å²) in [6, 6.07) is 3.66. The Kier molecular flexibility index (Phi) is 4.44. The second-order valence-electron chi connectivity index (χ2n) is 5.29. The third-order valence-electron chi connectivity index (χ3n) is 3.50. The average molecular weight is 336 g/mol.